The van der Waals surface area contributed by atoms with E-state index in [4.69, 9.17) is 9.15 Å². The molecule has 28 heavy (non-hydrogen) atoms. The second kappa shape index (κ2) is 6.68. The van der Waals surface area contributed by atoms with Crippen molar-refractivity contribution in [2.45, 2.75) is 19.3 Å². The molecule has 0 saturated heterocycles. The molecule has 0 unspecified atom stereocenters. The molecule has 0 atom stereocenters. The highest BCUT2D eigenvalue weighted by atomic mass is 16.5. The first-order chi connectivity index (χ1) is 13.4. The Hall–Kier alpha value is -3.34. The maximum Gasteiger partial charge on any atom is 0.336 e. The number of nitrogens with zero attached hydrogens (tertiary/aromatic N) is 1. The number of carbonyl (C=O) groups is 1. The monoisotopic (exact) mass is 375 g/mol. The average Bonchev–Trinajstić information content (AvgIpc) is 2.87. The predicted octanol–water partition coefficient (Wildman–Crippen LogP) is 4.05. The number of ketones is 1. The van der Waals surface area contributed by atoms with Gasteiger partial charge in [0.05, 0.1) is 0 Å². The molecule has 0 saturated carbocycles. The van der Waals surface area contributed by atoms with Crippen LogP contribution in [0.25, 0.3) is 11.0 Å². The van der Waals surface area contributed by atoms with Gasteiger partial charge in [0.15, 0.2) is 12.4 Å². The standard InChI is InChI=1S/C23H21NO4/c1-23(2)18-6-4-5-7-19(18)24(3)21(23)12-16(25)14-27-17-10-8-15-9-11-22(26)28-20(15)13-17/h4-13H,14H2,1-3H3/b21-12-. The molecule has 3 aromatic rings. The quantitative estimate of drug-likeness (QED) is 0.509. The minimum Gasteiger partial charge on any atom is -0.485 e. The molecule has 0 N–H and O–H groups in total. The summed E-state index contributed by atoms with van der Waals surface area (Å²) in [5, 5.41) is 0.799. The fraction of sp³-hybridized carbons (Fsp3) is 0.217. The van der Waals surface area contributed by atoms with Crippen LogP contribution in [-0.2, 0) is 10.2 Å². The number of rotatable bonds is 4. The molecule has 5 nitrogen and oxygen atoms in total. The molecule has 0 bridgehead atoms. The second-order valence-electron chi connectivity index (χ2n) is 7.44. The number of hydrogen-bond acceptors (Lipinski definition) is 5. The summed E-state index contributed by atoms with van der Waals surface area (Å²) in [6.07, 6.45) is 1.65. The van der Waals surface area contributed by atoms with E-state index < -0.39 is 5.63 Å². The van der Waals surface area contributed by atoms with E-state index in [2.05, 4.69) is 30.9 Å². The summed E-state index contributed by atoms with van der Waals surface area (Å²) in [5.41, 5.74) is 3.00. The van der Waals surface area contributed by atoms with Crippen molar-refractivity contribution < 1.29 is 13.9 Å². The van der Waals surface area contributed by atoms with Crippen LogP contribution >= 0.6 is 0 Å². The van der Waals surface area contributed by atoms with E-state index >= 15 is 0 Å². The van der Waals surface area contributed by atoms with Crippen LogP contribution < -0.4 is 15.3 Å². The molecule has 5 heteroatoms. The van der Waals surface area contributed by atoms with Gasteiger partial charge in [-0.05, 0) is 29.8 Å². The number of ether oxygens (including phenoxy) is 1. The van der Waals surface area contributed by atoms with Crippen molar-refractivity contribution >= 4 is 22.4 Å². The van der Waals surface area contributed by atoms with E-state index in [0.717, 1.165) is 16.8 Å². The van der Waals surface area contributed by atoms with Crippen LogP contribution in [0.3, 0.4) is 0 Å². The van der Waals surface area contributed by atoms with Gasteiger partial charge in [0.25, 0.3) is 0 Å². The molecular formula is C23H21NO4. The number of fused-ring (bicyclic) bond motifs is 2. The van der Waals surface area contributed by atoms with Crippen LogP contribution in [0.2, 0.25) is 0 Å². The van der Waals surface area contributed by atoms with Crippen molar-refractivity contribution in [1.82, 2.24) is 0 Å². The van der Waals surface area contributed by atoms with E-state index in [-0.39, 0.29) is 17.8 Å². The normalized spacial score (nSPS) is 16.4. The summed E-state index contributed by atoms with van der Waals surface area (Å²) in [4.78, 5) is 26.0. The molecule has 1 aliphatic heterocycles. The lowest BCUT2D eigenvalue weighted by Crippen LogP contribution is -2.25. The smallest absolute Gasteiger partial charge is 0.336 e. The molecule has 2 heterocycles. The highest BCUT2D eigenvalue weighted by Crippen LogP contribution is 2.46. The first kappa shape index (κ1) is 18.0. The highest BCUT2D eigenvalue weighted by molar-refractivity contribution is 5.93. The van der Waals surface area contributed by atoms with Gasteiger partial charge in [-0.25, -0.2) is 4.79 Å². The topological polar surface area (TPSA) is 59.8 Å². The third kappa shape index (κ3) is 3.09. The zero-order valence-electron chi connectivity index (χ0n) is 16.1. The number of para-hydroxylation sites is 1. The zero-order valence-corrected chi connectivity index (χ0v) is 16.1. The number of likely N-dealkylation sites (N-methyl/N-ethyl adjacent to an activating group) is 1. The van der Waals surface area contributed by atoms with Gasteiger partial charge in [-0.1, -0.05) is 32.0 Å². The van der Waals surface area contributed by atoms with Gasteiger partial charge in [-0.3, -0.25) is 4.79 Å². The first-order valence-corrected chi connectivity index (χ1v) is 9.11. The molecule has 0 radical (unpaired) electrons. The van der Waals surface area contributed by atoms with Crippen LogP contribution in [0, 0.1) is 0 Å². The third-order valence-electron chi connectivity index (χ3n) is 5.21. The lowest BCUT2D eigenvalue weighted by atomic mass is 9.83. The highest BCUT2D eigenvalue weighted by Gasteiger charge is 2.38. The Morgan fingerprint density at radius 2 is 1.89 bits per heavy atom. The van der Waals surface area contributed by atoms with Crippen LogP contribution in [0.1, 0.15) is 19.4 Å². The Morgan fingerprint density at radius 1 is 1.14 bits per heavy atom. The lowest BCUT2D eigenvalue weighted by Gasteiger charge is -2.23. The molecule has 4 rings (SSSR count). The van der Waals surface area contributed by atoms with Crippen molar-refractivity contribution in [3.63, 3.8) is 0 Å². The zero-order chi connectivity index (χ0) is 19.9. The van der Waals surface area contributed by atoms with Crippen LogP contribution in [-0.4, -0.2) is 19.4 Å². The maximum absolute atomic E-state index is 12.6. The largest absolute Gasteiger partial charge is 0.485 e. The van der Waals surface area contributed by atoms with Crippen molar-refractivity contribution in [3.8, 4) is 5.75 Å². The minimum absolute atomic E-state index is 0.0909. The van der Waals surface area contributed by atoms with Crippen molar-refractivity contribution in [1.29, 1.82) is 0 Å². The fourth-order valence-electron chi connectivity index (χ4n) is 3.74. The SMILES string of the molecule is CN1/C(=C\C(=O)COc2ccc3ccc(=O)oc3c2)C(C)(C)c2ccccc21. The first-order valence-electron chi connectivity index (χ1n) is 9.11. The Balaban J connectivity index is 1.53. The lowest BCUT2D eigenvalue weighted by molar-refractivity contribution is -0.116. The molecule has 0 fully saturated rings. The number of anilines is 1. The number of hydrogen-bond donors (Lipinski definition) is 0. The van der Waals surface area contributed by atoms with Gasteiger partial charge in [0, 0.05) is 47.4 Å². The molecule has 1 aliphatic rings. The summed E-state index contributed by atoms with van der Waals surface area (Å²) in [6.45, 7) is 4.13. The molecular weight excluding hydrogens is 354 g/mol. The third-order valence-corrected chi connectivity index (χ3v) is 5.21. The minimum atomic E-state index is -0.420. The Morgan fingerprint density at radius 3 is 2.68 bits per heavy atom. The van der Waals surface area contributed by atoms with Crippen molar-refractivity contribution in [2.24, 2.45) is 0 Å². The molecule has 0 amide bonds. The summed E-state index contributed by atoms with van der Waals surface area (Å²) in [7, 11) is 1.97. The van der Waals surface area contributed by atoms with E-state index in [9.17, 15) is 9.59 Å². The van der Waals surface area contributed by atoms with E-state index in [1.807, 2.05) is 19.2 Å². The molecule has 1 aromatic heterocycles. The average molecular weight is 375 g/mol. The van der Waals surface area contributed by atoms with Gasteiger partial charge in [-0.15, -0.1) is 0 Å². The fourth-order valence-corrected chi connectivity index (χ4v) is 3.74. The Bertz CT molecular complexity index is 1160. The molecule has 0 aliphatic carbocycles. The molecule has 142 valence electrons. The summed E-state index contributed by atoms with van der Waals surface area (Å²) in [6, 6.07) is 16.4. The maximum atomic E-state index is 12.6. The molecule has 2 aromatic carbocycles. The van der Waals surface area contributed by atoms with Gasteiger partial charge in [-0.2, -0.15) is 0 Å². The van der Waals surface area contributed by atoms with Gasteiger partial charge in [0.2, 0.25) is 0 Å². The summed E-state index contributed by atoms with van der Waals surface area (Å²) >= 11 is 0. The number of benzene rings is 2. The van der Waals surface area contributed by atoms with Crippen LogP contribution in [0.5, 0.6) is 5.75 Å². The molecule has 0 spiro atoms. The number of carbonyl (C=O) groups excluding carboxylic acids is 1. The van der Waals surface area contributed by atoms with Crippen LogP contribution in [0.15, 0.2) is 75.6 Å². The number of allylic oxidation sites excluding steroid dienone is 1. The predicted molar refractivity (Wildman–Crippen MR) is 109 cm³/mol. The van der Waals surface area contributed by atoms with Crippen LogP contribution in [0.4, 0.5) is 5.69 Å². The van der Waals surface area contributed by atoms with Gasteiger partial charge >= 0.3 is 5.63 Å². The van der Waals surface area contributed by atoms with E-state index in [1.54, 1.807) is 30.3 Å². The van der Waals surface area contributed by atoms with E-state index in [1.165, 1.54) is 11.6 Å². The van der Waals surface area contributed by atoms with Crippen molar-refractivity contribution in [3.05, 3.63) is 82.4 Å². The summed E-state index contributed by atoms with van der Waals surface area (Å²) in [5.74, 6) is 0.355. The second-order valence-corrected chi connectivity index (χ2v) is 7.44. The summed E-state index contributed by atoms with van der Waals surface area (Å²) < 4.78 is 10.8. The van der Waals surface area contributed by atoms with Crippen molar-refractivity contribution in [2.75, 3.05) is 18.6 Å². The van der Waals surface area contributed by atoms with Gasteiger partial charge in [0.1, 0.15) is 11.3 Å². The van der Waals surface area contributed by atoms with E-state index in [0.29, 0.717) is 11.3 Å². The Labute approximate surface area is 162 Å². The Kier molecular flexibility index (Phi) is 4.30. The van der Waals surface area contributed by atoms with Gasteiger partial charge < -0.3 is 14.1 Å².